The number of halogens is 2. The first-order valence-corrected chi connectivity index (χ1v) is 21.8. The number of carbonyl (C=O) groups excluding carboxylic acids is 3. The Morgan fingerprint density at radius 1 is 0.763 bits per heavy atom. The SMILES string of the molecule is COC(=O)C1CCC(CCN2CCc3c(nc(C(=O)Nc4cccc(-c5cccc(NC(=O)c6nc7c(n6C)CCN(C6CCC(O)CC6)C7)c5Cl)c4Cl)n3C)C2)CC1. The van der Waals surface area contributed by atoms with Gasteiger partial charge in [-0.05, 0) is 82.4 Å². The molecule has 2 amide bonds. The smallest absolute Gasteiger partial charge is 0.308 e. The lowest BCUT2D eigenvalue weighted by atomic mass is 9.80. The van der Waals surface area contributed by atoms with Crippen molar-refractivity contribution in [3.05, 3.63) is 80.9 Å². The summed E-state index contributed by atoms with van der Waals surface area (Å²) in [6, 6.07) is 11.2. The Balaban J connectivity index is 0.909. The Morgan fingerprint density at radius 3 is 1.86 bits per heavy atom. The molecule has 0 bridgehead atoms. The summed E-state index contributed by atoms with van der Waals surface area (Å²) in [7, 11) is 5.23. The summed E-state index contributed by atoms with van der Waals surface area (Å²) < 4.78 is 8.71. The van der Waals surface area contributed by atoms with E-state index < -0.39 is 0 Å². The molecule has 8 rings (SSSR count). The maximum absolute atomic E-state index is 13.8. The summed E-state index contributed by atoms with van der Waals surface area (Å²) in [5, 5.41) is 16.6. The minimum absolute atomic E-state index is 0.0358. The number of aromatic nitrogens is 4. The molecule has 0 saturated heterocycles. The maximum atomic E-state index is 13.8. The van der Waals surface area contributed by atoms with E-state index in [9.17, 15) is 19.5 Å². The molecule has 2 aromatic heterocycles. The monoisotopic (exact) mass is 844 g/mol. The number of anilines is 2. The van der Waals surface area contributed by atoms with Crippen LogP contribution in [0.1, 0.15) is 102 Å². The average molecular weight is 846 g/mol. The van der Waals surface area contributed by atoms with E-state index in [1.165, 1.54) is 7.11 Å². The Bertz CT molecular complexity index is 2220. The molecule has 2 aliphatic carbocycles. The van der Waals surface area contributed by atoms with Gasteiger partial charge in [-0.15, -0.1) is 0 Å². The van der Waals surface area contributed by atoms with Gasteiger partial charge in [-0.25, -0.2) is 9.97 Å². The third-order valence-electron chi connectivity index (χ3n) is 13.2. The lowest BCUT2D eigenvalue weighted by Gasteiger charge is -2.37. The van der Waals surface area contributed by atoms with Crippen molar-refractivity contribution in [2.75, 3.05) is 37.4 Å². The fraction of sp³-hybridized carbons (Fsp3) is 0.523. The summed E-state index contributed by atoms with van der Waals surface area (Å²) in [5.74, 6) is 0.473. The van der Waals surface area contributed by atoms with Crippen molar-refractivity contribution in [3.63, 3.8) is 0 Å². The molecule has 0 spiro atoms. The quantitative estimate of drug-likeness (QED) is 0.143. The number of aliphatic hydroxyl groups excluding tert-OH is 1. The van der Waals surface area contributed by atoms with E-state index in [1.54, 1.807) is 24.3 Å². The fourth-order valence-corrected chi connectivity index (χ4v) is 10.3. The molecule has 0 atom stereocenters. The number of hydrogen-bond donors (Lipinski definition) is 3. The summed E-state index contributed by atoms with van der Waals surface area (Å²) in [4.78, 5) is 53.9. The number of esters is 1. The van der Waals surface area contributed by atoms with Gasteiger partial charge in [0.2, 0.25) is 0 Å². The van der Waals surface area contributed by atoms with E-state index in [0.717, 1.165) is 113 Å². The maximum Gasteiger partial charge on any atom is 0.308 e. The number of fused-ring (bicyclic) bond motifs is 2. The number of nitrogens with one attached hydrogen (secondary N) is 2. The van der Waals surface area contributed by atoms with Gasteiger partial charge in [0, 0.05) is 81.7 Å². The molecule has 0 unspecified atom stereocenters. The number of rotatable bonds is 10. The molecular formula is C44H54Cl2N8O5. The molecule has 2 aliphatic heterocycles. The van der Waals surface area contributed by atoms with Crippen molar-refractivity contribution < 1.29 is 24.2 Å². The van der Waals surface area contributed by atoms with E-state index in [1.807, 2.05) is 35.4 Å². The number of benzene rings is 2. The zero-order chi connectivity index (χ0) is 41.4. The van der Waals surface area contributed by atoms with Crippen molar-refractivity contribution >= 4 is 52.4 Å². The van der Waals surface area contributed by atoms with E-state index in [4.69, 9.17) is 37.9 Å². The third kappa shape index (κ3) is 8.68. The van der Waals surface area contributed by atoms with Crippen LogP contribution in [0.2, 0.25) is 10.0 Å². The molecule has 2 fully saturated rings. The number of imidazole rings is 2. The topological polar surface area (TPSA) is 147 Å². The van der Waals surface area contributed by atoms with Gasteiger partial charge in [0.25, 0.3) is 11.8 Å². The van der Waals surface area contributed by atoms with E-state index >= 15 is 0 Å². The van der Waals surface area contributed by atoms with Crippen LogP contribution < -0.4 is 10.6 Å². The second-order valence-corrected chi connectivity index (χ2v) is 17.5. The second kappa shape index (κ2) is 17.8. The fourth-order valence-electron chi connectivity index (χ4n) is 9.71. The molecule has 4 heterocycles. The number of hydrogen-bond acceptors (Lipinski definition) is 9. The molecule has 2 aromatic carbocycles. The van der Waals surface area contributed by atoms with Crippen molar-refractivity contribution in [2.45, 2.75) is 95.9 Å². The Labute approximate surface area is 355 Å². The highest BCUT2D eigenvalue weighted by Crippen LogP contribution is 2.41. The molecule has 15 heteroatoms. The van der Waals surface area contributed by atoms with Crippen molar-refractivity contribution in [2.24, 2.45) is 25.9 Å². The Kier molecular flexibility index (Phi) is 12.5. The molecule has 13 nitrogen and oxygen atoms in total. The van der Waals surface area contributed by atoms with Crippen molar-refractivity contribution in [1.29, 1.82) is 0 Å². The number of nitrogens with zero attached hydrogens (tertiary/aromatic N) is 6. The van der Waals surface area contributed by atoms with Crippen LogP contribution in [0.3, 0.4) is 0 Å². The van der Waals surface area contributed by atoms with Gasteiger partial charge in [0.1, 0.15) is 0 Å². The number of methoxy groups -OCH3 is 1. The van der Waals surface area contributed by atoms with Crippen LogP contribution >= 0.6 is 23.2 Å². The summed E-state index contributed by atoms with van der Waals surface area (Å²) in [5.41, 5.74) is 5.98. The van der Waals surface area contributed by atoms with Crippen LogP contribution in [0.15, 0.2) is 36.4 Å². The predicted octanol–water partition coefficient (Wildman–Crippen LogP) is 7.02. The Hall–Kier alpha value is -4.27. The van der Waals surface area contributed by atoms with Gasteiger partial charge in [-0.2, -0.15) is 0 Å². The number of aliphatic hydroxyl groups is 1. The van der Waals surface area contributed by atoms with Crippen LogP contribution in [-0.2, 0) is 49.6 Å². The predicted molar refractivity (Wildman–Crippen MR) is 228 cm³/mol. The van der Waals surface area contributed by atoms with Gasteiger partial charge in [-0.1, -0.05) is 47.5 Å². The molecule has 4 aliphatic rings. The molecule has 0 radical (unpaired) electrons. The van der Waals surface area contributed by atoms with Crippen molar-refractivity contribution in [1.82, 2.24) is 28.9 Å². The van der Waals surface area contributed by atoms with Crippen LogP contribution in [0.25, 0.3) is 11.1 Å². The van der Waals surface area contributed by atoms with Gasteiger partial charge >= 0.3 is 5.97 Å². The van der Waals surface area contributed by atoms with Gasteiger partial charge < -0.3 is 29.6 Å². The molecule has 3 N–H and O–H groups in total. The highest BCUT2D eigenvalue weighted by Gasteiger charge is 2.32. The van der Waals surface area contributed by atoms with Gasteiger partial charge in [0.05, 0.1) is 51.9 Å². The lowest BCUT2D eigenvalue weighted by Crippen LogP contribution is -2.42. The summed E-state index contributed by atoms with van der Waals surface area (Å²) >= 11 is 14.0. The number of ether oxygens (including phenoxy) is 1. The first-order chi connectivity index (χ1) is 28.5. The number of carbonyl (C=O) groups is 3. The van der Waals surface area contributed by atoms with Crippen LogP contribution in [0, 0.1) is 11.8 Å². The largest absolute Gasteiger partial charge is 0.469 e. The van der Waals surface area contributed by atoms with E-state index in [-0.39, 0.29) is 29.8 Å². The molecule has 4 aromatic rings. The summed E-state index contributed by atoms with van der Waals surface area (Å²) in [6.45, 7) is 4.12. The normalized spacial score (nSPS) is 22.3. The van der Waals surface area contributed by atoms with Crippen molar-refractivity contribution in [3.8, 4) is 11.1 Å². The summed E-state index contributed by atoms with van der Waals surface area (Å²) in [6.07, 6.45) is 9.97. The molecule has 2 saturated carbocycles. The standard InChI is InChI=1S/C44H54Cl2N8O5/c1-51-36-19-22-53(21-18-26-10-12-27(13-11-26)44(58)59-3)24-34(36)47-40(51)42(56)49-32-8-4-6-30(38(32)45)31-7-5-9-33(39(31)46)50-43(57)41-48-35-25-54(23-20-37(35)52(41)2)28-14-16-29(55)17-15-28/h4-9,26-29,55H,10-25H2,1-3H3,(H,49,56)(H,50,57). The van der Waals surface area contributed by atoms with Crippen LogP contribution in [0.5, 0.6) is 0 Å². The Morgan fingerprint density at radius 2 is 1.31 bits per heavy atom. The number of amides is 2. The first-order valence-electron chi connectivity index (χ1n) is 21.0. The molecule has 314 valence electrons. The van der Waals surface area contributed by atoms with E-state index in [0.29, 0.717) is 69.2 Å². The zero-order valence-corrected chi connectivity index (χ0v) is 35.6. The highest BCUT2D eigenvalue weighted by molar-refractivity contribution is 6.40. The van der Waals surface area contributed by atoms with Gasteiger partial charge in [0.15, 0.2) is 11.6 Å². The van der Waals surface area contributed by atoms with Gasteiger partial charge in [-0.3, -0.25) is 24.2 Å². The van der Waals surface area contributed by atoms with Crippen LogP contribution in [0.4, 0.5) is 11.4 Å². The first kappa shape index (κ1) is 41.5. The lowest BCUT2D eigenvalue weighted by molar-refractivity contribution is -0.146. The highest BCUT2D eigenvalue weighted by atomic mass is 35.5. The van der Waals surface area contributed by atoms with Crippen LogP contribution in [-0.4, -0.2) is 90.7 Å². The van der Waals surface area contributed by atoms with E-state index in [2.05, 4.69) is 20.4 Å². The minimum atomic E-state index is -0.361. The molecular weight excluding hydrogens is 791 g/mol. The minimum Gasteiger partial charge on any atom is -0.469 e. The second-order valence-electron chi connectivity index (χ2n) is 16.8. The molecule has 59 heavy (non-hydrogen) atoms. The third-order valence-corrected chi connectivity index (χ3v) is 14.0. The average Bonchev–Trinajstić information content (AvgIpc) is 3.76. The zero-order valence-electron chi connectivity index (χ0n) is 34.1.